The van der Waals surface area contributed by atoms with Gasteiger partial charge in [0.25, 0.3) is 0 Å². The number of hydrogen-bond donors (Lipinski definition) is 0. The molecule has 0 saturated carbocycles. The van der Waals surface area contributed by atoms with Crippen molar-refractivity contribution in [1.82, 2.24) is 9.21 Å². The Balaban J connectivity index is 2.09. The van der Waals surface area contributed by atoms with Crippen LogP contribution in [0.2, 0.25) is 5.02 Å². The monoisotopic (exact) mass is 402 g/mol. The summed E-state index contributed by atoms with van der Waals surface area (Å²) in [6.45, 7) is -0.558. The highest BCUT2D eigenvalue weighted by Gasteiger charge is 2.25. The first kappa shape index (κ1) is 20.3. The fourth-order valence-electron chi connectivity index (χ4n) is 2.19. The Kier molecular flexibility index (Phi) is 6.33. The summed E-state index contributed by atoms with van der Waals surface area (Å²) in [5, 5.41) is 0.178. The van der Waals surface area contributed by atoms with Crippen LogP contribution in [-0.4, -0.2) is 44.2 Å². The smallest absolute Gasteiger partial charge is 0.243 e. The van der Waals surface area contributed by atoms with Crippen molar-refractivity contribution in [1.29, 1.82) is 0 Å². The van der Waals surface area contributed by atoms with Crippen LogP contribution in [0.5, 0.6) is 0 Å². The summed E-state index contributed by atoms with van der Waals surface area (Å²) in [5.41, 5.74) is 0.147. The summed E-state index contributed by atoms with van der Waals surface area (Å²) in [6.07, 6.45) is 0. The number of carbonyl (C=O) groups excluding carboxylic acids is 1. The van der Waals surface area contributed by atoms with Gasteiger partial charge in [-0.1, -0.05) is 17.7 Å². The summed E-state index contributed by atoms with van der Waals surface area (Å²) >= 11 is 5.93. The van der Waals surface area contributed by atoms with Gasteiger partial charge in [0.05, 0.1) is 11.4 Å². The third-order valence-electron chi connectivity index (χ3n) is 3.76. The molecule has 26 heavy (non-hydrogen) atoms. The summed E-state index contributed by atoms with van der Waals surface area (Å²) in [6, 6.07) is 8.47. The maximum atomic E-state index is 13.8. The third kappa shape index (κ3) is 4.57. The topological polar surface area (TPSA) is 57.7 Å². The Hall–Kier alpha value is -2.03. The second-order valence-electron chi connectivity index (χ2n) is 5.67. The lowest BCUT2D eigenvalue weighted by molar-refractivity contribution is -0.130. The Morgan fingerprint density at radius 3 is 2.27 bits per heavy atom. The van der Waals surface area contributed by atoms with Crippen molar-refractivity contribution in [3.63, 3.8) is 0 Å². The molecule has 0 spiro atoms. The van der Waals surface area contributed by atoms with Gasteiger partial charge in [-0.25, -0.2) is 17.2 Å². The average Bonchev–Trinajstić information content (AvgIpc) is 2.58. The molecule has 0 radical (unpaired) electrons. The highest BCUT2D eigenvalue weighted by Crippen LogP contribution is 2.21. The van der Waals surface area contributed by atoms with Gasteiger partial charge < -0.3 is 4.90 Å². The van der Waals surface area contributed by atoms with Gasteiger partial charge in [0, 0.05) is 31.2 Å². The maximum absolute atomic E-state index is 13.8. The minimum atomic E-state index is -3.95. The van der Waals surface area contributed by atoms with E-state index in [0.717, 1.165) is 28.6 Å². The fraction of sp³-hybridized carbons (Fsp3) is 0.235. The van der Waals surface area contributed by atoms with Crippen LogP contribution in [0.3, 0.4) is 0 Å². The summed E-state index contributed by atoms with van der Waals surface area (Å²) in [7, 11) is -1.30. The number of rotatable bonds is 6. The van der Waals surface area contributed by atoms with Crippen molar-refractivity contribution in [2.75, 3.05) is 20.6 Å². The van der Waals surface area contributed by atoms with E-state index in [1.807, 2.05) is 0 Å². The molecule has 0 aliphatic carbocycles. The Labute approximate surface area is 155 Å². The van der Waals surface area contributed by atoms with E-state index in [2.05, 4.69) is 0 Å². The van der Waals surface area contributed by atoms with E-state index in [4.69, 9.17) is 11.6 Å². The molecular formula is C17H17ClF2N2O3S. The molecule has 0 unspecified atom stereocenters. The lowest BCUT2D eigenvalue weighted by Crippen LogP contribution is -2.39. The normalized spacial score (nSPS) is 11.6. The van der Waals surface area contributed by atoms with E-state index < -0.39 is 34.1 Å². The van der Waals surface area contributed by atoms with Gasteiger partial charge in [0.1, 0.15) is 11.6 Å². The van der Waals surface area contributed by atoms with Gasteiger partial charge in [0.15, 0.2) is 0 Å². The van der Waals surface area contributed by atoms with Crippen molar-refractivity contribution >= 4 is 27.5 Å². The van der Waals surface area contributed by atoms with E-state index >= 15 is 0 Å². The van der Waals surface area contributed by atoms with Crippen LogP contribution >= 0.6 is 11.6 Å². The Bertz CT molecular complexity index is 884. The number of likely N-dealkylation sites (N-methyl/N-ethyl adjacent to an activating group) is 2. The minimum absolute atomic E-state index is 0.102. The van der Waals surface area contributed by atoms with Crippen molar-refractivity contribution in [3.05, 3.63) is 64.7 Å². The minimum Gasteiger partial charge on any atom is -0.340 e. The number of sulfonamides is 1. The number of halogens is 3. The molecule has 2 aromatic carbocycles. The molecule has 0 fully saturated rings. The molecule has 0 aromatic heterocycles. The number of benzene rings is 2. The highest BCUT2D eigenvalue weighted by molar-refractivity contribution is 7.89. The molecule has 1 amide bonds. The Morgan fingerprint density at radius 2 is 1.69 bits per heavy atom. The number of hydrogen-bond acceptors (Lipinski definition) is 3. The maximum Gasteiger partial charge on any atom is 0.243 e. The second-order valence-corrected chi connectivity index (χ2v) is 8.12. The van der Waals surface area contributed by atoms with E-state index in [1.54, 1.807) is 0 Å². The zero-order valence-electron chi connectivity index (χ0n) is 14.1. The summed E-state index contributed by atoms with van der Waals surface area (Å²) in [4.78, 5) is 13.4. The van der Waals surface area contributed by atoms with E-state index in [0.29, 0.717) is 0 Å². The lowest BCUT2D eigenvalue weighted by Gasteiger charge is -2.22. The first-order valence-corrected chi connectivity index (χ1v) is 9.33. The van der Waals surface area contributed by atoms with Gasteiger partial charge in [-0.3, -0.25) is 4.79 Å². The zero-order valence-corrected chi connectivity index (χ0v) is 15.7. The van der Waals surface area contributed by atoms with E-state index in [1.165, 1.54) is 37.2 Å². The zero-order chi connectivity index (χ0) is 19.5. The quantitative estimate of drug-likeness (QED) is 0.746. The van der Waals surface area contributed by atoms with Gasteiger partial charge >= 0.3 is 0 Å². The van der Waals surface area contributed by atoms with Gasteiger partial charge in [-0.15, -0.1) is 0 Å². The molecule has 2 rings (SSSR count). The van der Waals surface area contributed by atoms with Crippen LogP contribution in [0.1, 0.15) is 5.56 Å². The largest absolute Gasteiger partial charge is 0.340 e. The second kappa shape index (κ2) is 8.11. The van der Waals surface area contributed by atoms with Crippen molar-refractivity contribution in [2.24, 2.45) is 0 Å². The molecule has 2 aromatic rings. The lowest BCUT2D eigenvalue weighted by atomic mass is 10.2. The van der Waals surface area contributed by atoms with Crippen LogP contribution in [-0.2, 0) is 21.4 Å². The number of carbonyl (C=O) groups is 1. The molecule has 0 aliphatic heterocycles. The van der Waals surface area contributed by atoms with Gasteiger partial charge in [0.2, 0.25) is 15.9 Å². The molecule has 0 atom stereocenters. The molecule has 0 heterocycles. The van der Waals surface area contributed by atoms with Crippen molar-refractivity contribution in [2.45, 2.75) is 11.4 Å². The van der Waals surface area contributed by atoms with Gasteiger partial charge in [-0.2, -0.15) is 4.31 Å². The first-order chi connectivity index (χ1) is 12.1. The summed E-state index contributed by atoms with van der Waals surface area (Å²) in [5.74, 6) is -1.66. The van der Waals surface area contributed by atoms with Crippen LogP contribution in [0, 0.1) is 11.6 Å². The first-order valence-electron chi connectivity index (χ1n) is 7.51. The highest BCUT2D eigenvalue weighted by atomic mass is 35.5. The van der Waals surface area contributed by atoms with Crippen LogP contribution in [0.15, 0.2) is 47.4 Å². The summed E-state index contributed by atoms with van der Waals surface area (Å²) < 4.78 is 52.5. The predicted octanol–water partition coefficient (Wildman–Crippen LogP) is 2.90. The third-order valence-corrected chi connectivity index (χ3v) is 5.93. The van der Waals surface area contributed by atoms with Gasteiger partial charge in [-0.05, 0) is 36.4 Å². The molecule has 0 saturated heterocycles. The molecule has 9 heteroatoms. The number of amides is 1. The van der Waals surface area contributed by atoms with Crippen molar-refractivity contribution < 1.29 is 22.0 Å². The molecular weight excluding hydrogens is 386 g/mol. The van der Waals surface area contributed by atoms with Crippen LogP contribution in [0.25, 0.3) is 0 Å². The number of nitrogens with zero attached hydrogens (tertiary/aromatic N) is 2. The van der Waals surface area contributed by atoms with E-state index in [9.17, 15) is 22.0 Å². The molecule has 0 bridgehead atoms. The predicted molar refractivity (Wildman–Crippen MR) is 94.1 cm³/mol. The molecule has 5 nitrogen and oxygen atoms in total. The molecule has 0 aliphatic rings. The van der Waals surface area contributed by atoms with E-state index in [-0.39, 0.29) is 22.0 Å². The molecule has 140 valence electrons. The van der Waals surface area contributed by atoms with Crippen molar-refractivity contribution in [3.8, 4) is 0 Å². The standard InChI is InChI=1S/C17H17ClF2N2O3S/c1-21(10-14-15(18)4-3-5-16(14)20)17(23)11-22(2)26(24,25)13-8-6-12(19)7-9-13/h3-9H,10-11H2,1-2H3. The molecule has 0 N–H and O–H groups in total. The average molecular weight is 403 g/mol. The fourth-order valence-corrected chi connectivity index (χ4v) is 3.53. The Morgan fingerprint density at radius 1 is 1.08 bits per heavy atom. The van der Waals surface area contributed by atoms with Crippen LogP contribution in [0.4, 0.5) is 8.78 Å². The van der Waals surface area contributed by atoms with Crippen LogP contribution < -0.4 is 0 Å². The SMILES string of the molecule is CN(Cc1c(F)cccc1Cl)C(=O)CN(C)S(=O)(=O)c1ccc(F)cc1.